The van der Waals surface area contributed by atoms with Crippen molar-refractivity contribution >= 4 is 29.0 Å². The van der Waals surface area contributed by atoms with Crippen LogP contribution in [-0.2, 0) is 0 Å². The van der Waals surface area contributed by atoms with E-state index in [1.807, 2.05) is 13.0 Å². The molecule has 0 aliphatic heterocycles. The lowest BCUT2D eigenvalue weighted by atomic mass is 10.2. The van der Waals surface area contributed by atoms with E-state index in [1.165, 1.54) is 6.33 Å². The third-order valence-corrected chi connectivity index (χ3v) is 4.12. The second-order valence-corrected chi connectivity index (χ2v) is 6.02. The first kappa shape index (κ1) is 18.2. The van der Waals surface area contributed by atoms with E-state index in [1.54, 1.807) is 18.2 Å². The highest BCUT2D eigenvalue weighted by Gasteiger charge is 2.14. The molecule has 0 radical (unpaired) electrons. The molecule has 5 nitrogen and oxygen atoms in total. The molecular formula is C18H23ClN4O. The van der Waals surface area contributed by atoms with Gasteiger partial charge in [-0.3, -0.25) is 4.79 Å². The van der Waals surface area contributed by atoms with Crippen LogP contribution in [0.15, 0.2) is 30.6 Å². The monoisotopic (exact) mass is 346 g/mol. The van der Waals surface area contributed by atoms with E-state index in [-0.39, 0.29) is 5.91 Å². The zero-order chi connectivity index (χ0) is 17.5. The van der Waals surface area contributed by atoms with E-state index in [0.29, 0.717) is 16.4 Å². The fourth-order valence-electron chi connectivity index (χ4n) is 2.45. The highest BCUT2D eigenvalue weighted by Crippen LogP contribution is 2.23. The summed E-state index contributed by atoms with van der Waals surface area (Å²) in [5.41, 5.74) is 1.86. The molecule has 24 heavy (non-hydrogen) atoms. The van der Waals surface area contributed by atoms with E-state index in [4.69, 9.17) is 11.6 Å². The van der Waals surface area contributed by atoms with E-state index in [0.717, 1.165) is 37.3 Å². The number of carbonyl (C=O) groups excluding carboxylic acids is 1. The maximum atomic E-state index is 12.5. The Hall–Kier alpha value is -2.14. The second-order valence-electron chi connectivity index (χ2n) is 5.62. The van der Waals surface area contributed by atoms with Gasteiger partial charge in [-0.2, -0.15) is 0 Å². The van der Waals surface area contributed by atoms with Crippen LogP contribution >= 0.6 is 11.6 Å². The summed E-state index contributed by atoms with van der Waals surface area (Å²) in [6.07, 6.45) is 3.48. The molecule has 1 amide bonds. The van der Waals surface area contributed by atoms with Crippen LogP contribution in [0, 0.1) is 6.92 Å². The molecule has 128 valence electrons. The van der Waals surface area contributed by atoms with E-state index < -0.39 is 0 Å². The molecule has 0 aliphatic carbocycles. The average molecular weight is 347 g/mol. The highest BCUT2D eigenvalue weighted by atomic mass is 35.5. The van der Waals surface area contributed by atoms with Crippen LogP contribution in [0.3, 0.4) is 0 Å². The van der Waals surface area contributed by atoms with Gasteiger partial charge in [-0.15, -0.1) is 0 Å². The number of amides is 1. The minimum atomic E-state index is -0.267. The molecule has 1 heterocycles. The van der Waals surface area contributed by atoms with Crippen LogP contribution in [0.1, 0.15) is 42.7 Å². The van der Waals surface area contributed by atoms with Gasteiger partial charge in [0.2, 0.25) is 0 Å². The predicted molar refractivity (Wildman–Crippen MR) is 99.0 cm³/mol. The van der Waals surface area contributed by atoms with Crippen LogP contribution in [0.5, 0.6) is 0 Å². The molecule has 0 saturated carbocycles. The van der Waals surface area contributed by atoms with Gasteiger partial charge in [0.05, 0.1) is 0 Å². The van der Waals surface area contributed by atoms with Gasteiger partial charge >= 0.3 is 0 Å². The summed E-state index contributed by atoms with van der Waals surface area (Å²) in [7, 11) is 0. The van der Waals surface area contributed by atoms with Gasteiger partial charge in [0.25, 0.3) is 5.91 Å². The molecule has 0 atom stereocenters. The largest absolute Gasteiger partial charge is 0.357 e. The third kappa shape index (κ3) is 4.45. The molecule has 6 heteroatoms. The van der Waals surface area contributed by atoms with Gasteiger partial charge in [0.15, 0.2) is 0 Å². The van der Waals surface area contributed by atoms with Crippen molar-refractivity contribution in [3.63, 3.8) is 0 Å². The van der Waals surface area contributed by atoms with Crippen molar-refractivity contribution in [2.75, 3.05) is 23.3 Å². The first-order valence-electron chi connectivity index (χ1n) is 8.20. The number of carbonyl (C=O) groups is 1. The fraction of sp³-hybridized carbons (Fsp3) is 0.389. The first-order valence-corrected chi connectivity index (χ1v) is 8.58. The molecule has 0 saturated heterocycles. The quantitative estimate of drug-likeness (QED) is 0.811. The number of aromatic nitrogens is 2. The Kier molecular flexibility index (Phi) is 6.55. The molecule has 1 N–H and O–H groups in total. The number of hydrogen-bond donors (Lipinski definition) is 1. The maximum Gasteiger partial charge on any atom is 0.274 e. The number of hydrogen-bond acceptors (Lipinski definition) is 4. The molecule has 0 fully saturated rings. The van der Waals surface area contributed by atoms with E-state index in [2.05, 4.69) is 34.0 Å². The lowest BCUT2D eigenvalue weighted by Crippen LogP contribution is -2.26. The van der Waals surface area contributed by atoms with Crippen LogP contribution < -0.4 is 10.2 Å². The summed E-state index contributed by atoms with van der Waals surface area (Å²) in [5.74, 6) is 0.513. The molecule has 0 unspecified atom stereocenters. The normalized spacial score (nSPS) is 10.5. The number of halogens is 1. The van der Waals surface area contributed by atoms with Crippen LogP contribution in [-0.4, -0.2) is 29.0 Å². The van der Waals surface area contributed by atoms with Crippen LogP contribution in [0.2, 0.25) is 5.02 Å². The van der Waals surface area contributed by atoms with Crippen molar-refractivity contribution < 1.29 is 4.79 Å². The Morgan fingerprint density at radius 3 is 2.58 bits per heavy atom. The lowest BCUT2D eigenvalue weighted by molar-refractivity contribution is 0.102. The van der Waals surface area contributed by atoms with Gasteiger partial charge in [-0.1, -0.05) is 31.5 Å². The zero-order valence-corrected chi connectivity index (χ0v) is 15.1. The SMILES string of the molecule is CCCN(CCC)c1cc(C(=O)Nc2cccc(Cl)c2C)ncn1. The van der Waals surface area contributed by atoms with Crippen molar-refractivity contribution in [1.29, 1.82) is 0 Å². The Balaban J connectivity index is 2.21. The summed E-state index contributed by atoms with van der Waals surface area (Å²) in [5, 5.41) is 3.48. The molecule has 0 aliphatic rings. The Morgan fingerprint density at radius 2 is 1.92 bits per heavy atom. The number of rotatable bonds is 7. The lowest BCUT2D eigenvalue weighted by Gasteiger charge is -2.22. The predicted octanol–water partition coefficient (Wildman–Crippen LogP) is 4.32. The molecule has 2 aromatic rings. The summed E-state index contributed by atoms with van der Waals surface area (Å²) < 4.78 is 0. The molecule has 0 bridgehead atoms. The van der Waals surface area contributed by atoms with Gasteiger partial charge in [0, 0.05) is 29.9 Å². The van der Waals surface area contributed by atoms with Crippen molar-refractivity contribution in [2.45, 2.75) is 33.6 Å². The van der Waals surface area contributed by atoms with Crippen molar-refractivity contribution in [3.8, 4) is 0 Å². The maximum absolute atomic E-state index is 12.5. The fourth-order valence-corrected chi connectivity index (χ4v) is 2.63. The van der Waals surface area contributed by atoms with E-state index >= 15 is 0 Å². The van der Waals surface area contributed by atoms with Gasteiger partial charge in [0.1, 0.15) is 17.8 Å². The van der Waals surface area contributed by atoms with Crippen molar-refractivity contribution in [2.24, 2.45) is 0 Å². The zero-order valence-electron chi connectivity index (χ0n) is 14.3. The molecule has 0 spiro atoms. The summed E-state index contributed by atoms with van der Waals surface area (Å²) in [6, 6.07) is 7.16. The molecule has 1 aromatic heterocycles. The molecule has 2 rings (SSSR count). The third-order valence-electron chi connectivity index (χ3n) is 3.71. The minimum Gasteiger partial charge on any atom is -0.357 e. The number of nitrogens with one attached hydrogen (secondary N) is 1. The minimum absolute atomic E-state index is 0.267. The second kappa shape index (κ2) is 8.64. The van der Waals surface area contributed by atoms with Crippen molar-refractivity contribution in [3.05, 3.63) is 46.9 Å². The summed E-state index contributed by atoms with van der Waals surface area (Å²) in [4.78, 5) is 23.1. The van der Waals surface area contributed by atoms with Crippen LogP contribution in [0.25, 0.3) is 0 Å². The smallest absolute Gasteiger partial charge is 0.274 e. The van der Waals surface area contributed by atoms with Gasteiger partial charge in [-0.05, 0) is 37.5 Å². The number of benzene rings is 1. The van der Waals surface area contributed by atoms with E-state index in [9.17, 15) is 4.79 Å². The van der Waals surface area contributed by atoms with Gasteiger partial charge < -0.3 is 10.2 Å². The van der Waals surface area contributed by atoms with Gasteiger partial charge in [-0.25, -0.2) is 9.97 Å². The summed E-state index contributed by atoms with van der Waals surface area (Å²) >= 11 is 6.10. The topological polar surface area (TPSA) is 58.1 Å². The average Bonchev–Trinajstić information content (AvgIpc) is 2.59. The first-order chi connectivity index (χ1) is 11.6. The van der Waals surface area contributed by atoms with Crippen molar-refractivity contribution in [1.82, 2.24) is 9.97 Å². The number of nitrogens with zero attached hydrogens (tertiary/aromatic N) is 3. The highest BCUT2D eigenvalue weighted by molar-refractivity contribution is 6.31. The Bertz CT molecular complexity index is 699. The Morgan fingerprint density at radius 1 is 1.21 bits per heavy atom. The number of anilines is 2. The summed E-state index contributed by atoms with van der Waals surface area (Å²) in [6.45, 7) is 7.92. The molecule has 1 aromatic carbocycles. The Labute approximate surface area is 148 Å². The standard InChI is InChI=1S/C18H23ClN4O/c1-4-9-23(10-5-2)17-11-16(20-12-21-17)18(24)22-15-8-6-7-14(19)13(15)3/h6-8,11-12H,4-5,9-10H2,1-3H3,(H,22,24). The molecular weight excluding hydrogens is 324 g/mol. The van der Waals surface area contributed by atoms with Crippen LogP contribution in [0.4, 0.5) is 11.5 Å².